The summed E-state index contributed by atoms with van der Waals surface area (Å²) in [6.45, 7) is 23.3. The Balaban J connectivity index is 0.000000156. The van der Waals surface area contributed by atoms with E-state index in [9.17, 15) is 0 Å². The number of benzene rings is 9. The molecule has 0 unspecified atom stereocenters. The molecule has 14 aliphatic rings. The molecule has 11 aromatic rings. The third-order valence-corrected chi connectivity index (χ3v) is 20.5. The normalized spacial score (nSPS) is 17.3. The minimum atomic E-state index is 0.451. The predicted octanol–water partition coefficient (Wildman–Crippen LogP) is 16.8. The van der Waals surface area contributed by atoms with E-state index in [0.29, 0.717) is 238 Å². The van der Waals surface area contributed by atoms with Gasteiger partial charge in [-0.2, -0.15) is 0 Å². The van der Waals surface area contributed by atoms with Crippen molar-refractivity contribution < 1.29 is 80.5 Å². The number of nitrogens with zero attached hydrogens (tertiary/aromatic N) is 4. The minimum absolute atomic E-state index is 0.451. The predicted molar refractivity (Wildman–Crippen MR) is 498 cm³/mol. The lowest BCUT2D eigenvalue weighted by molar-refractivity contribution is 0.00550. The van der Waals surface area contributed by atoms with Gasteiger partial charge in [0.25, 0.3) is 0 Å². The number of hydrogen-bond acceptors (Lipinski definition) is 23. The first-order chi connectivity index (χ1) is 63.9. The van der Waals surface area contributed by atoms with Gasteiger partial charge < -0.3 is 91.2 Å². The zero-order valence-corrected chi connectivity index (χ0v) is 74.4. The second-order valence-corrected chi connectivity index (χ2v) is 31.2. The Morgan fingerprint density at radius 3 is 0.620 bits per heavy atom. The minimum Gasteiger partial charge on any atom is -0.377 e. The molecule has 14 aliphatic heterocycles. The van der Waals surface area contributed by atoms with Crippen LogP contribution in [0.1, 0.15) is 123 Å². The zero-order chi connectivity index (χ0) is 88.4. The zero-order valence-electron chi connectivity index (χ0n) is 74.4. The van der Waals surface area contributed by atoms with Crippen molar-refractivity contribution in [2.75, 3.05) is 132 Å². The summed E-state index contributed by atoms with van der Waals surface area (Å²) in [6, 6.07) is 87.6. The second-order valence-electron chi connectivity index (χ2n) is 31.2. The molecule has 9 aromatic carbocycles. The van der Waals surface area contributed by atoms with Crippen LogP contribution in [0.4, 0.5) is 0 Å². The highest BCUT2D eigenvalue weighted by Gasteiger charge is 2.10. The summed E-state index contributed by atoms with van der Waals surface area (Å²) in [7, 11) is 0. The van der Waals surface area contributed by atoms with Crippen molar-refractivity contribution in [3.8, 4) is 0 Å². The maximum Gasteiger partial charge on any atom is 0.0892 e. The molecule has 0 amide bonds. The Morgan fingerprint density at radius 1 is 0.163 bits per heavy atom. The van der Waals surface area contributed by atoms with Gasteiger partial charge in [-0.15, -0.1) is 0 Å². The number of aliphatic imine (C=N–C) groups is 2. The lowest BCUT2D eigenvalue weighted by Crippen LogP contribution is -2.15. The lowest BCUT2D eigenvalue weighted by Gasteiger charge is -2.10. The Hall–Kier alpha value is -10.1. The summed E-state index contributed by atoms with van der Waals surface area (Å²) >= 11 is 0. The number of nitrogens with one attached hydrogen (secondary N) is 2. The smallest absolute Gasteiger partial charge is 0.0892 e. The average Bonchev–Trinajstić information content (AvgIpc) is 0.938. The molecule has 0 saturated carbocycles. The number of hydrogen-bond donors (Lipinski definition) is 2. The molecular formula is C106H126N6O17. The molecule has 2 N–H and O–H groups in total. The molecular weight excluding hydrogens is 1630 g/mol. The van der Waals surface area contributed by atoms with Crippen LogP contribution in [-0.2, 0) is 212 Å². The van der Waals surface area contributed by atoms with Gasteiger partial charge in [0.2, 0.25) is 0 Å². The Morgan fingerprint density at radius 2 is 0.357 bits per heavy atom. The first-order valence-electron chi connectivity index (χ1n) is 44.8. The van der Waals surface area contributed by atoms with Gasteiger partial charge in [-0.05, 0) is 130 Å². The molecule has 0 fully saturated rings. The fourth-order valence-corrected chi connectivity index (χ4v) is 13.5. The second kappa shape index (κ2) is 60.7. The van der Waals surface area contributed by atoms with E-state index in [1.165, 1.54) is 44.5 Å². The van der Waals surface area contributed by atoms with Gasteiger partial charge in [0.05, 0.1) is 260 Å². The average molecular weight is 1760 g/mol. The molecule has 0 radical (unpaired) electrons. The lowest BCUT2D eigenvalue weighted by atomic mass is 10.1. The highest BCUT2D eigenvalue weighted by atomic mass is 16.6. The topological polar surface area (TPSA) is 231 Å². The molecule has 25 rings (SSSR count). The molecule has 0 atom stereocenters. The molecule has 682 valence electrons. The van der Waals surface area contributed by atoms with E-state index in [2.05, 4.69) is 243 Å². The van der Waals surface area contributed by atoms with Gasteiger partial charge in [0, 0.05) is 38.6 Å². The summed E-state index contributed by atoms with van der Waals surface area (Å²) in [4.78, 5) is 18.4. The quantitative estimate of drug-likeness (QED) is 0.134. The number of pyridine rings is 2. The number of ether oxygens (including phenoxy) is 17. The van der Waals surface area contributed by atoms with Crippen molar-refractivity contribution in [2.45, 2.75) is 132 Å². The van der Waals surface area contributed by atoms with E-state index >= 15 is 0 Å². The van der Waals surface area contributed by atoms with E-state index in [0.717, 1.165) is 105 Å². The number of rotatable bonds is 0. The van der Waals surface area contributed by atoms with Crippen molar-refractivity contribution in [2.24, 2.45) is 9.98 Å². The SMILES string of the molecule is C1=NCc2ccc(cc2)COCCOCCOCc2ccc(cc2)CN=Cc2cccc1c2.c1cc2cc(c1)CNCc1ccc(cc1)COCCOCCOCc1ccc(cc1)CNC2.c1cc2nc(c1)COCCOCCOCc1ccc(cc1)COCCOCCOC2.c1cc2nc(c1)COCc1ccc(cc1)COCCOCCOCc1ccc(cc1)COC2. The summed E-state index contributed by atoms with van der Waals surface area (Å²) in [5.41, 5.74) is 24.6. The van der Waals surface area contributed by atoms with Crippen molar-refractivity contribution in [1.29, 1.82) is 0 Å². The fourth-order valence-electron chi connectivity index (χ4n) is 13.5. The van der Waals surface area contributed by atoms with Crippen LogP contribution < -0.4 is 10.6 Å². The number of fused-ring (bicyclic) bond motifs is 18. The van der Waals surface area contributed by atoms with E-state index < -0.39 is 0 Å². The van der Waals surface area contributed by atoms with E-state index in [1.807, 2.05) is 54.9 Å². The first-order valence-corrected chi connectivity index (χ1v) is 44.8. The van der Waals surface area contributed by atoms with Gasteiger partial charge in [0.1, 0.15) is 0 Å². The van der Waals surface area contributed by atoms with Gasteiger partial charge >= 0.3 is 0 Å². The van der Waals surface area contributed by atoms with Crippen LogP contribution in [0.5, 0.6) is 0 Å². The molecule has 16 heterocycles. The third kappa shape index (κ3) is 41.2. The van der Waals surface area contributed by atoms with Crippen LogP contribution in [-0.4, -0.2) is 155 Å². The van der Waals surface area contributed by atoms with Crippen molar-refractivity contribution in [3.05, 3.63) is 378 Å². The van der Waals surface area contributed by atoms with Gasteiger partial charge in [-0.1, -0.05) is 224 Å². The highest BCUT2D eigenvalue weighted by molar-refractivity contribution is 5.86. The monoisotopic (exact) mass is 1750 g/mol. The molecule has 22 bridgehead atoms. The van der Waals surface area contributed by atoms with E-state index in [-0.39, 0.29) is 0 Å². The fraction of sp³-hybridized carbons (Fsp3) is 0.377. The molecule has 23 nitrogen and oxygen atoms in total. The van der Waals surface area contributed by atoms with Crippen LogP contribution in [0.3, 0.4) is 0 Å². The Kier molecular flexibility index (Phi) is 46.1. The van der Waals surface area contributed by atoms with Crippen molar-refractivity contribution >= 4 is 12.4 Å². The molecule has 0 aliphatic carbocycles. The van der Waals surface area contributed by atoms with Gasteiger partial charge in [-0.25, -0.2) is 0 Å². The van der Waals surface area contributed by atoms with Gasteiger partial charge in [0.15, 0.2) is 0 Å². The Labute approximate surface area is 761 Å². The summed E-state index contributed by atoms with van der Waals surface area (Å²) in [6.07, 6.45) is 3.83. The first kappa shape index (κ1) is 97.9. The highest BCUT2D eigenvalue weighted by Crippen LogP contribution is 2.18. The Bertz CT molecular complexity index is 4450. The molecule has 23 heteroatoms. The maximum atomic E-state index is 5.87. The summed E-state index contributed by atoms with van der Waals surface area (Å²) in [5.74, 6) is 0. The largest absolute Gasteiger partial charge is 0.377 e. The van der Waals surface area contributed by atoms with Crippen LogP contribution in [0.25, 0.3) is 0 Å². The number of aromatic nitrogens is 2. The van der Waals surface area contributed by atoms with Crippen LogP contribution >= 0.6 is 0 Å². The van der Waals surface area contributed by atoms with Crippen LogP contribution in [0, 0.1) is 0 Å². The molecule has 0 saturated heterocycles. The van der Waals surface area contributed by atoms with Crippen molar-refractivity contribution in [1.82, 2.24) is 20.6 Å². The standard InChI is InChI=1S/C28H34N2O3.C28H30N2O3.C27H31NO5.C23H31NO6/c2*1-2-27-16-28(3-1)20-30-18-24-6-10-26(11-7-24)22-33-15-13-31-12-14-32-21-25-8-4-23(5-9-25)17-29-19-27;1-2-26-20-32-18-24-8-4-22(5-9-24)16-30-14-12-29-13-15-31-17-23-6-10-25(11-7-23)19-33-21-27(3-1)28-26;1-2-22-18-29-14-10-25-8-12-27-16-20-4-6-21(7-5-20)17-28-13-9-26-11-15-30-19-23(3-1)24-22/h1-11,16,29-30H,12-15,17-22H2;1-11,16,19-20H,12-15,17-18,21-22H2;1-11H,12-21H2;1-7H,8-19H2. The summed E-state index contributed by atoms with van der Waals surface area (Å²) in [5, 5.41) is 7.10. The molecule has 129 heavy (non-hydrogen) atoms. The molecule has 2 aromatic heterocycles. The maximum absolute atomic E-state index is 5.87. The van der Waals surface area contributed by atoms with Crippen molar-refractivity contribution in [3.63, 3.8) is 0 Å². The van der Waals surface area contributed by atoms with E-state index in [4.69, 9.17) is 80.5 Å². The molecule has 0 spiro atoms. The van der Waals surface area contributed by atoms with Crippen LogP contribution in [0.15, 0.2) is 265 Å². The van der Waals surface area contributed by atoms with E-state index in [1.54, 1.807) is 0 Å². The third-order valence-electron chi connectivity index (χ3n) is 20.5. The van der Waals surface area contributed by atoms with Crippen LogP contribution in [0.2, 0.25) is 0 Å². The van der Waals surface area contributed by atoms with Gasteiger partial charge in [-0.3, -0.25) is 20.0 Å². The summed E-state index contributed by atoms with van der Waals surface area (Å²) < 4.78 is 96.5.